The zero-order chi connectivity index (χ0) is 21.4. The molecule has 0 aromatic heterocycles. The van der Waals surface area contributed by atoms with Crippen molar-refractivity contribution in [1.82, 2.24) is 21.3 Å². The summed E-state index contributed by atoms with van der Waals surface area (Å²) in [6.07, 6.45) is 0.757. The molecule has 28 heavy (non-hydrogen) atoms. The lowest BCUT2D eigenvalue weighted by Crippen LogP contribution is -2.57. The van der Waals surface area contributed by atoms with E-state index in [2.05, 4.69) is 21.3 Å². The zero-order valence-corrected chi connectivity index (χ0v) is 16.2. The molecule has 158 valence electrons. The van der Waals surface area contributed by atoms with Gasteiger partial charge in [-0.3, -0.25) is 19.2 Å². The van der Waals surface area contributed by atoms with Crippen LogP contribution < -0.4 is 21.3 Å². The molecule has 4 unspecified atom stereocenters. The van der Waals surface area contributed by atoms with Crippen molar-refractivity contribution in [3.63, 3.8) is 0 Å². The number of carboxylic acid groups (broad SMARTS) is 2. The minimum atomic E-state index is -1.62. The van der Waals surface area contributed by atoms with Crippen LogP contribution in [0.1, 0.15) is 40.0 Å². The van der Waals surface area contributed by atoms with Crippen molar-refractivity contribution in [2.24, 2.45) is 5.92 Å². The predicted octanol–water partition coefficient (Wildman–Crippen LogP) is -1.57. The second-order valence-corrected chi connectivity index (χ2v) is 7.11. The van der Waals surface area contributed by atoms with Crippen LogP contribution in [0.25, 0.3) is 0 Å². The minimum Gasteiger partial charge on any atom is -0.481 e. The number of carboxylic acids is 2. The number of aliphatic carboxylic acids is 2. The number of carbonyl (C=O) groups is 5. The summed E-state index contributed by atoms with van der Waals surface area (Å²) in [6.45, 7) is 5.49. The molecule has 0 aliphatic carbocycles. The van der Waals surface area contributed by atoms with Crippen molar-refractivity contribution < 1.29 is 34.2 Å². The maximum Gasteiger partial charge on any atom is 0.326 e. The Morgan fingerprint density at radius 1 is 1.00 bits per heavy atom. The largest absolute Gasteiger partial charge is 0.481 e. The van der Waals surface area contributed by atoms with Gasteiger partial charge in [-0.05, 0) is 32.2 Å². The third-order valence-corrected chi connectivity index (χ3v) is 4.37. The molecule has 11 nitrogen and oxygen atoms in total. The van der Waals surface area contributed by atoms with Gasteiger partial charge in [0.05, 0.1) is 12.5 Å². The van der Waals surface area contributed by atoms with E-state index in [1.807, 2.05) is 0 Å². The van der Waals surface area contributed by atoms with Gasteiger partial charge < -0.3 is 31.5 Å². The van der Waals surface area contributed by atoms with Crippen LogP contribution in [-0.4, -0.2) is 70.6 Å². The third-order valence-electron chi connectivity index (χ3n) is 4.37. The first kappa shape index (κ1) is 23.3. The van der Waals surface area contributed by atoms with Gasteiger partial charge in [0, 0.05) is 0 Å². The monoisotopic (exact) mass is 400 g/mol. The van der Waals surface area contributed by atoms with Crippen LogP contribution in [0.5, 0.6) is 0 Å². The fraction of sp³-hybridized carbons (Fsp3) is 0.706. The molecule has 4 atom stereocenters. The van der Waals surface area contributed by atoms with Crippen LogP contribution in [0.15, 0.2) is 0 Å². The van der Waals surface area contributed by atoms with Crippen LogP contribution in [0.3, 0.4) is 0 Å². The van der Waals surface area contributed by atoms with Crippen LogP contribution >= 0.6 is 0 Å². The molecule has 0 radical (unpaired) electrons. The van der Waals surface area contributed by atoms with E-state index in [4.69, 9.17) is 10.2 Å². The van der Waals surface area contributed by atoms with Crippen molar-refractivity contribution in [2.75, 3.05) is 6.54 Å². The lowest BCUT2D eigenvalue weighted by molar-refractivity contribution is -0.147. The Balaban J connectivity index is 2.69. The van der Waals surface area contributed by atoms with Crippen LogP contribution in [0.4, 0.5) is 0 Å². The molecule has 6 N–H and O–H groups in total. The second-order valence-electron chi connectivity index (χ2n) is 7.11. The molecule has 0 aromatic carbocycles. The van der Waals surface area contributed by atoms with Crippen molar-refractivity contribution >= 4 is 29.7 Å². The molecule has 1 rings (SSSR count). The molecule has 11 heteroatoms. The maximum atomic E-state index is 12.4. The third kappa shape index (κ3) is 7.14. The van der Waals surface area contributed by atoms with Crippen molar-refractivity contribution in [2.45, 2.75) is 64.2 Å². The Hall–Kier alpha value is -2.69. The SMILES string of the molecule is CC(NC(=O)C1CCCN1)C(=O)NC(C(=O)NC(CC(=O)O)C(=O)O)C(C)C. The highest BCUT2D eigenvalue weighted by atomic mass is 16.4. The van der Waals surface area contributed by atoms with Gasteiger partial charge in [0.2, 0.25) is 17.7 Å². The number of nitrogens with one attached hydrogen (secondary N) is 4. The smallest absolute Gasteiger partial charge is 0.326 e. The van der Waals surface area contributed by atoms with E-state index < -0.39 is 54.2 Å². The van der Waals surface area contributed by atoms with Gasteiger partial charge in [-0.25, -0.2) is 4.79 Å². The topological polar surface area (TPSA) is 174 Å². The van der Waals surface area contributed by atoms with Gasteiger partial charge in [-0.1, -0.05) is 13.8 Å². The average Bonchev–Trinajstić information content (AvgIpc) is 3.12. The van der Waals surface area contributed by atoms with Gasteiger partial charge >= 0.3 is 11.9 Å². The number of amides is 3. The van der Waals surface area contributed by atoms with E-state index in [0.717, 1.165) is 13.0 Å². The maximum absolute atomic E-state index is 12.4. The normalized spacial score (nSPS) is 19.4. The van der Waals surface area contributed by atoms with Gasteiger partial charge in [-0.15, -0.1) is 0 Å². The Labute approximate surface area is 162 Å². The molecule has 0 bridgehead atoms. The first-order valence-corrected chi connectivity index (χ1v) is 9.12. The number of hydrogen-bond acceptors (Lipinski definition) is 6. The predicted molar refractivity (Wildman–Crippen MR) is 97.2 cm³/mol. The van der Waals surface area contributed by atoms with E-state index >= 15 is 0 Å². The highest BCUT2D eigenvalue weighted by Crippen LogP contribution is 2.06. The average molecular weight is 400 g/mol. The van der Waals surface area contributed by atoms with E-state index in [1.165, 1.54) is 6.92 Å². The van der Waals surface area contributed by atoms with Crippen LogP contribution in [0.2, 0.25) is 0 Å². The van der Waals surface area contributed by atoms with E-state index in [0.29, 0.717) is 6.42 Å². The lowest BCUT2D eigenvalue weighted by atomic mass is 10.0. The zero-order valence-electron chi connectivity index (χ0n) is 16.2. The van der Waals surface area contributed by atoms with Crippen LogP contribution in [-0.2, 0) is 24.0 Å². The Kier molecular flexibility index (Phi) is 8.83. The summed E-state index contributed by atoms with van der Waals surface area (Å²) in [4.78, 5) is 58.7. The Bertz CT molecular complexity index is 617. The van der Waals surface area contributed by atoms with Crippen molar-refractivity contribution in [3.8, 4) is 0 Å². The van der Waals surface area contributed by atoms with E-state index in [1.54, 1.807) is 13.8 Å². The lowest BCUT2D eigenvalue weighted by Gasteiger charge is -2.25. The van der Waals surface area contributed by atoms with Gasteiger partial charge in [0.25, 0.3) is 0 Å². The molecule has 0 spiro atoms. The minimum absolute atomic E-state index is 0.307. The quantitative estimate of drug-likeness (QED) is 0.255. The molecule has 0 saturated carbocycles. The molecule has 0 aromatic rings. The summed E-state index contributed by atoms with van der Waals surface area (Å²) in [7, 11) is 0. The standard InChI is InChI=1S/C17H28N4O7/c1-8(2)13(16(26)20-11(17(27)28)7-12(22)23)21-14(24)9(3)19-15(25)10-5-4-6-18-10/h8-11,13,18H,4-7H2,1-3H3,(H,19,25)(H,20,26)(H,21,24)(H,22,23)(H,27,28). The number of hydrogen-bond donors (Lipinski definition) is 6. The van der Waals surface area contributed by atoms with E-state index in [-0.39, 0.29) is 11.9 Å². The molecule has 1 heterocycles. The number of carbonyl (C=O) groups excluding carboxylic acids is 3. The van der Waals surface area contributed by atoms with E-state index in [9.17, 15) is 24.0 Å². The highest BCUT2D eigenvalue weighted by Gasteiger charge is 2.32. The highest BCUT2D eigenvalue weighted by molar-refractivity contribution is 5.94. The Morgan fingerprint density at radius 3 is 2.11 bits per heavy atom. The first-order valence-electron chi connectivity index (χ1n) is 9.12. The summed E-state index contributed by atoms with van der Waals surface area (Å²) in [6, 6.07) is -3.97. The summed E-state index contributed by atoms with van der Waals surface area (Å²) in [5.41, 5.74) is 0. The molecular formula is C17H28N4O7. The molecule has 1 fully saturated rings. The van der Waals surface area contributed by atoms with Gasteiger partial charge in [0.1, 0.15) is 18.1 Å². The summed E-state index contributed by atoms with van der Waals surface area (Å²) in [5, 5.41) is 28.0. The summed E-state index contributed by atoms with van der Waals surface area (Å²) >= 11 is 0. The Morgan fingerprint density at radius 2 is 1.64 bits per heavy atom. The first-order chi connectivity index (χ1) is 13.0. The molecule has 1 aliphatic heterocycles. The summed E-state index contributed by atoms with van der Waals surface area (Å²) in [5.74, 6) is -5.00. The molecular weight excluding hydrogens is 372 g/mol. The van der Waals surface area contributed by atoms with Gasteiger partial charge in [0.15, 0.2) is 0 Å². The number of rotatable bonds is 10. The second kappa shape index (κ2) is 10.6. The van der Waals surface area contributed by atoms with Crippen molar-refractivity contribution in [1.29, 1.82) is 0 Å². The van der Waals surface area contributed by atoms with Gasteiger partial charge in [-0.2, -0.15) is 0 Å². The fourth-order valence-electron chi connectivity index (χ4n) is 2.74. The van der Waals surface area contributed by atoms with Crippen LogP contribution in [0, 0.1) is 5.92 Å². The molecule has 1 aliphatic rings. The molecule has 1 saturated heterocycles. The summed E-state index contributed by atoms with van der Waals surface area (Å²) < 4.78 is 0. The fourth-order valence-corrected chi connectivity index (χ4v) is 2.74. The molecule has 3 amide bonds. The van der Waals surface area contributed by atoms with Crippen molar-refractivity contribution in [3.05, 3.63) is 0 Å².